The van der Waals surface area contributed by atoms with Crippen molar-refractivity contribution in [1.82, 2.24) is 19.9 Å². The average Bonchev–Trinajstić information content (AvgIpc) is 3.17. The molecule has 198 valence electrons. The van der Waals surface area contributed by atoms with Gasteiger partial charge >= 0.3 is 5.97 Å². The maximum atomic E-state index is 13.9. The van der Waals surface area contributed by atoms with Crippen LogP contribution >= 0.6 is 0 Å². The number of carboxylic acids is 1. The van der Waals surface area contributed by atoms with E-state index in [0.29, 0.717) is 18.8 Å². The summed E-state index contributed by atoms with van der Waals surface area (Å²) in [6.07, 6.45) is 0.752. The first-order valence-corrected chi connectivity index (χ1v) is 13.0. The summed E-state index contributed by atoms with van der Waals surface area (Å²) in [6, 6.07) is 15.0. The molecule has 1 N–H and O–H groups in total. The van der Waals surface area contributed by atoms with Gasteiger partial charge in [-0.3, -0.25) is 9.69 Å². The van der Waals surface area contributed by atoms with Gasteiger partial charge in [0.1, 0.15) is 23.2 Å². The lowest BCUT2D eigenvalue weighted by atomic mass is 9.84. The van der Waals surface area contributed by atoms with Gasteiger partial charge in [0.15, 0.2) is 0 Å². The number of hydrogen-bond donors (Lipinski definition) is 1. The van der Waals surface area contributed by atoms with E-state index >= 15 is 0 Å². The Morgan fingerprint density at radius 2 is 2.00 bits per heavy atom. The largest absolute Gasteiger partial charge is 0.489 e. The summed E-state index contributed by atoms with van der Waals surface area (Å²) in [7, 11) is 1.85. The number of rotatable bonds is 7. The van der Waals surface area contributed by atoms with Crippen molar-refractivity contribution >= 4 is 17.0 Å². The molecule has 2 heterocycles. The molecule has 0 fully saturated rings. The Kier molecular flexibility index (Phi) is 7.17. The zero-order valence-corrected chi connectivity index (χ0v) is 22.2. The Morgan fingerprint density at radius 3 is 2.76 bits per heavy atom. The highest BCUT2D eigenvalue weighted by molar-refractivity contribution is 5.80. The van der Waals surface area contributed by atoms with E-state index in [-0.39, 0.29) is 24.3 Å². The Balaban J connectivity index is 1.49. The highest BCUT2D eigenvalue weighted by Gasteiger charge is 2.25. The first-order valence-electron chi connectivity index (χ1n) is 13.0. The van der Waals surface area contributed by atoms with Crippen LogP contribution in [0.1, 0.15) is 59.1 Å². The first kappa shape index (κ1) is 25.9. The zero-order chi connectivity index (χ0) is 27.0. The van der Waals surface area contributed by atoms with E-state index in [4.69, 9.17) is 4.74 Å². The van der Waals surface area contributed by atoms with Gasteiger partial charge in [-0.25, -0.2) is 9.07 Å². The summed E-state index contributed by atoms with van der Waals surface area (Å²) in [6.45, 7) is 8.19. The summed E-state index contributed by atoms with van der Waals surface area (Å²) >= 11 is 0. The summed E-state index contributed by atoms with van der Waals surface area (Å²) in [4.78, 5) is 14.3. The van der Waals surface area contributed by atoms with Crippen LogP contribution in [0.4, 0.5) is 4.39 Å². The van der Waals surface area contributed by atoms with Gasteiger partial charge < -0.3 is 9.84 Å². The van der Waals surface area contributed by atoms with E-state index in [2.05, 4.69) is 41.2 Å². The van der Waals surface area contributed by atoms with Crippen molar-refractivity contribution in [3.8, 4) is 5.75 Å². The van der Waals surface area contributed by atoms with Crippen LogP contribution in [0.2, 0.25) is 0 Å². The molecule has 2 atom stereocenters. The quantitative estimate of drug-likeness (QED) is 0.349. The molecule has 0 bridgehead atoms. The summed E-state index contributed by atoms with van der Waals surface area (Å²) in [5, 5.41) is 18.3. The minimum atomic E-state index is -0.852. The van der Waals surface area contributed by atoms with Crippen LogP contribution in [-0.2, 0) is 24.9 Å². The Labute approximate surface area is 221 Å². The number of halogens is 1. The van der Waals surface area contributed by atoms with E-state index in [1.807, 2.05) is 32.2 Å². The Hall–Kier alpha value is -3.78. The van der Waals surface area contributed by atoms with Crippen LogP contribution in [0, 0.1) is 19.7 Å². The van der Waals surface area contributed by atoms with Gasteiger partial charge in [0.2, 0.25) is 0 Å². The SMILES string of the molecule is CC[C@@H]1CN(Cc2cc(C(CC(=O)O)c3ccc4c(nnn4C)c3C)ccc2C)Cc2ccc(F)cc2O1. The molecule has 8 heteroatoms. The molecule has 0 radical (unpaired) electrons. The van der Waals surface area contributed by atoms with E-state index in [9.17, 15) is 14.3 Å². The number of carboxylic acid groups (broad SMARTS) is 1. The standard InChI is InChI=1S/C30H33FN4O3/c1-5-24-17-35(15-21-8-9-23(31)13-28(21)38-24)16-22-12-20(7-6-18(22)2)26(14-29(36)37)25-10-11-27-30(19(25)3)32-33-34(27)4/h6-13,24,26H,5,14-17H2,1-4H3,(H,36,37)/t24-,26?/m1/s1. The van der Waals surface area contributed by atoms with Gasteiger partial charge in [0, 0.05) is 44.2 Å². The van der Waals surface area contributed by atoms with Crippen molar-refractivity contribution in [3.05, 3.63) is 87.7 Å². The van der Waals surface area contributed by atoms with E-state index in [0.717, 1.165) is 57.4 Å². The molecular formula is C30H33FN4O3. The van der Waals surface area contributed by atoms with Crippen molar-refractivity contribution < 1.29 is 19.0 Å². The van der Waals surface area contributed by atoms with E-state index < -0.39 is 5.97 Å². The highest BCUT2D eigenvalue weighted by atomic mass is 19.1. The molecule has 0 aliphatic carbocycles. The molecular weight excluding hydrogens is 483 g/mol. The number of fused-ring (bicyclic) bond motifs is 2. The van der Waals surface area contributed by atoms with Crippen LogP contribution in [-0.4, -0.2) is 43.6 Å². The zero-order valence-electron chi connectivity index (χ0n) is 22.2. The number of aromatic nitrogens is 3. The summed E-state index contributed by atoms with van der Waals surface area (Å²) < 4.78 is 21.7. The maximum Gasteiger partial charge on any atom is 0.304 e. The Bertz CT molecular complexity index is 1500. The highest BCUT2D eigenvalue weighted by Crippen LogP contribution is 2.35. The number of hydrogen-bond acceptors (Lipinski definition) is 5. The first-order chi connectivity index (χ1) is 18.2. The normalized spacial score (nSPS) is 16.6. The minimum absolute atomic E-state index is 0.0243. The second kappa shape index (κ2) is 10.5. The third kappa shape index (κ3) is 5.13. The van der Waals surface area contributed by atoms with Gasteiger partial charge in [-0.1, -0.05) is 42.5 Å². The molecule has 1 aromatic heterocycles. The van der Waals surface area contributed by atoms with Gasteiger partial charge in [-0.05, 0) is 60.2 Å². The molecule has 0 saturated heterocycles. The number of aliphatic carboxylic acids is 1. The van der Waals surface area contributed by atoms with Crippen LogP contribution in [0.25, 0.3) is 11.0 Å². The fourth-order valence-electron chi connectivity index (χ4n) is 5.44. The van der Waals surface area contributed by atoms with Crippen molar-refractivity contribution in [1.29, 1.82) is 0 Å². The monoisotopic (exact) mass is 516 g/mol. The molecule has 0 saturated carbocycles. The van der Waals surface area contributed by atoms with Crippen molar-refractivity contribution in [2.75, 3.05) is 6.54 Å². The van der Waals surface area contributed by atoms with Crippen molar-refractivity contribution in [2.45, 2.75) is 58.7 Å². The van der Waals surface area contributed by atoms with Crippen LogP contribution in [0.15, 0.2) is 48.5 Å². The van der Waals surface area contributed by atoms with Gasteiger partial charge in [0.25, 0.3) is 0 Å². The van der Waals surface area contributed by atoms with Crippen LogP contribution in [0.3, 0.4) is 0 Å². The predicted octanol–water partition coefficient (Wildman–Crippen LogP) is 5.50. The number of benzene rings is 3. The molecule has 5 rings (SSSR count). The minimum Gasteiger partial charge on any atom is -0.489 e. The van der Waals surface area contributed by atoms with Gasteiger partial charge in [-0.15, -0.1) is 5.10 Å². The van der Waals surface area contributed by atoms with Crippen LogP contribution < -0.4 is 4.74 Å². The lowest BCUT2D eigenvalue weighted by Gasteiger charge is -2.25. The fraction of sp³-hybridized carbons (Fsp3) is 0.367. The molecule has 7 nitrogen and oxygen atoms in total. The van der Waals surface area contributed by atoms with E-state index in [1.54, 1.807) is 10.7 Å². The summed E-state index contributed by atoms with van der Waals surface area (Å²) in [5.74, 6) is -0.857. The molecule has 1 aliphatic heterocycles. The second-order valence-corrected chi connectivity index (χ2v) is 10.3. The smallest absolute Gasteiger partial charge is 0.304 e. The number of ether oxygens (including phenoxy) is 1. The van der Waals surface area contributed by atoms with Crippen molar-refractivity contribution in [2.24, 2.45) is 7.05 Å². The van der Waals surface area contributed by atoms with Gasteiger partial charge in [-0.2, -0.15) is 0 Å². The number of aryl methyl sites for hydroxylation is 3. The Morgan fingerprint density at radius 1 is 1.18 bits per heavy atom. The molecule has 0 amide bonds. The molecule has 3 aromatic carbocycles. The molecule has 1 unspecified atom stereocenters. The van der Waals surface area contributed by atoms with E-state index in [1.165, 1.54) is 12.1 Å². The number of nitrogens with zero attached hydrogens (tertiary/aromatic N) is 4. The molecule has 4 aromatic rings. The lowest BCUT2D eigenvalue weighted by molar-refractivity contribution is -0.137. The molecule has 38 heavy (non-hydrogen) atoms. The lowest BCUT2D eigenvalue weighted by Crippen LogP contribution is -2.32. The third-order valence-corrected chi connectivity index (χ3v) is 7.64. The second-order valence-electron chi connectivity index (χ2n) is 10.3. The predicted molar refractivity (Wildman–Crippen MR) is 144 cm³/mol. The molecule has 0 spiro atoms. The average molecular weight is 517 g/mol. The van der Waals surface area contributed by atoms with Gasteiger partial charge in [0.05, 0.1) is 11.9 Å². The number of carbonyl (C=O) groups is 1. The fourth-order valence-corrected chi connectivity index (χ4v) is 5.44. The maximum absolute atomic E-state index is 13.9. The topological polar surface area (TPSA) is 80.5 Å². The summed E-state index contributed by atoms with van der Waals surface area (Å²) in [5.41, 5.74) is 7.80. The van der Waals surface area contributed by atoms with Crippen molar-refractivity contribution in [3.63, 3.8) is 0 Å². The van der Waals surface area contributed by atoms with Crippen LogP contribution in [0.5, 0.6) is 5.75 Å². The third-order valence-electron chi connectivity index (χ3n) is 7.64. The molecule has 1 aliphatic rings.